The van der Waals surface area contributed by atoms with Crippen LogP contribution >= 0.6 is 0 Å². The molecule has 1 aliphatic heterocycles. The van der Waals surface area contributed by atoms with E-state index in [2.05, 4.69) is 10.6 Å². The number of amides is 1. The Labute approximate surface area is 204 Å². The number of likely N-dealkylation sites (N-methyl/N-ethyl adjacent to an activating group) is 1. The average molecular weight is 495 g/mol. The second-order valence-corrected chi connectivity index (χ2v) is 10.5. The van der Waals surface area contributed by atoms with E-state index < -0.39 is 15.8 Å². The topological polar surface area (TPSA) is 81.8 Å². The quantitative estimate of drug-likeness (QED) is 0.461. The minimum absolute atomic E-state index is 0.325. The molecular weight excluding hydrogens is 467 g/mol. The summed E-state index contributed by atoms with van der Waals surface area (Å²) in [7, 11) is 0.317. The van der Waals surface area contributed by atoms with Crippen LogP contribution in [0.3, 0.4) is 0 Å². The normalized spacial score (nSPS) is 14.5. The smallest absolute Gasteiger partial charge is 0.258 e. The molecule has 3 aromatic rings. The zero-order valence-corrected chi connectivity index (χ0v) is 20.6. The Hall–Kier alpha value is -3.69. The number of sulfonamides is 1. The molecule has 0 spiro atoms. The molecule has 0 aliphatic carbocycles. The second kappa shape index (κ2) is 9.89. The Kier molecular flexibility index (Phi) is 6.90. The summed E-state index contributed by atoms with van der Waals surface area (Å²) in [6, 6.07) is 20.6. The van der Waals surface area contributed by atoms with Crippen LogP contribution in [0.4, 0.5) is 21.5 Å². The molecule has 182 valence electrons. The maximum absolute atomic E-state index is 13.7. The van der Waals surface area contributed by atoms with Gasteiger partial charge in [-0.1, -0.05) is 30.3 Å². The molecule has 0 radical (unpaired) electrons. The Bertz CT molecular complexity index is 1370. The van der Waals surface area contributed by atoms with Crippen LogP contribution in [-0.2, 0) is 14.8 Å². The minimum atomic E-state index is -3.46. The number of nitrogens with zero attached hydrogens (tertiary/aromatic N) is 2. The summed E-state index contributed by atoms with van der Waals surface area (Å²) in [4.78, 5) is 14.8. The first-order valence-corrected chi connectivity index (χ1v) is 12.9. The maximum atomic E-state index is 13.7. The van der Waals surface area contributed by atoms with Crippen molar-refractivity contribution in [3.05, 3.63) is 89.7 Å². The number of fused-ring (bicyclic) bond motifs is 1. The third-order valence-corrected chi connectivity index (χ3v) is 6.81. The molecule has 7 nitrogen and oxygen atoms in total. The highest BCUT2D eigenvalue weighted by molar-refractivity contribution is 7.92. The highest BCUT2D eigenvalue weighted by Crippen LogP contribution is 2.38. The van der Waals surface area contributed by atoms with Gasteiger partial charge in [0.1, 0.15) is 5.82 Å². The molecule has 1 aliphatic rings. The summed E-state index contributed by atoms with van der Waals surface area (Å²) in [5.41, 5.74) is 3.99. The average Bonchev–Trinajstić information content (AvgIpc) is 3.12. The molecule has 35 heavy (non-hydrogen) atoms. The summed E-state index contributed by atoms with van der Waals surface area (Å²) >= 11 is 0. The lowest BCUT2D eigenvalue weighted by atomic mass is 10.00. The van der Waals surface area contributed by atoms with Crippen molar-refractivity contribution in [3.63, 3.8) is 0 Å². The van der Waals surface area contributed by atoms with Gasteiger partial charge in [0.2, 0.25) is 10.0 Å². The summed E-state index contributed by atoms with van der Waals surface area (Å²) in [5.74, 6) is -0.764. The molecule has 0 bridgehead atoms. The first kappa shape index (κ1) is 24.4. The SMILES string of the molecule is CN(C)CCN(c1ccc(N/C(=C2\C(=O)Nc3cc(F)ccc32)c2ccccc2)cc1)S(C)(=O)=O. The molecular formula is C26H27FN4O3S. The Morgan fingerprint density at radius 1 is 0.971 bits per heavy atom. The van der Waals surface area contributed by atoms with E-state index in [4.69, 9.17) is 0 Å². The van der Waals surface area contributed by atoms with Crippen LogP contribution in [0.5, 0.6) is 0 Å². The fourth-order valence-electron chi connectivity index (χ4n) is 3.91. The third-order valence-electron chi connectivity index (χ3n) is 5.61. The van der Waals surface area contributed by atoms with E-state index in [0.717, 1.165) is 5.56 Å². The van der Waals surface area contributed by atoms with Gasteiger partial charge >= 0.3 is 0 Å². The highest BCUT2D eigenvalue weighted by Gasteiger charge is 2.29. The molecule has 1 amide bonds. The Balaban J connectivity index is 1.72. The lowest BCUT2D eigenvalue weighted by molar-refractivity contribution is -0.110. The molecule has 9 heteroatoms. The number of rotatable bonds is 8. The van der Waals surface area contributed by atoms with Gasteiger partial charge in [0.25, 0.3) is 5.91 Å². The maximum Gasteiger partial charge on any atom is 0.258 e. The molecule has 4 rings (SSSR count). The van der Waals surface area contributed by atoms with E-state index in [9.17, 15) is 17.6 Å². The van der Waals surface area contributed by atoms with Crippen molar-refractivity contribution in [1.29, 1.82) is 0 Å². The van der Waals surface area contributed by atoms with Gasteiger partial charge in [-0.3, -0.25) is 9.10 Å². The lowest BCUT2D eigenvalue weighted by Crippen LogP contribution is -2.35. The monoisotopic (exact) mass is 494 g/mol. The number of carbonyl (C=O) groups is 1. The van der Waals surface area contributed by atoms with Crippen LogP contribution in [0.2, 0.25) is 0 Å². The van der Waals surface area contributed by atoms with Crippen molar-refractivity contribution in [2.75, 3.05) is 48.4 Å². The number of halogens is 1. The molecule has 2 N–H and O–H groups in total. The van der Waals surface area contributed by atoms with Crippen molar-refractivity contribution >= 4 is 44.3 Å². The number of benzene rings is 3. The summed E-state index contributed by atoms with van der Waals surface area (Å²) in [6.07, 6.45) is 1.19. The van der Waals surface area contributed by atoms with Crippen LogP contribution in [-0.4, -0.2) is 52.7 Å². The van der Waals surface area contributed by atoms with Gasteiger partial charge < -0.3 is 15.5 Å². The zero-order chi connectivity index (χ0) is 25.2. The predicted molar refractivity (Wildman–Crippen MR) is 139 cm³/mol. The zero-order valence-electron chi connectivity index (χ0n) is 19.7. The summed E-state index contributed by atoms with van der Waals surface area (Å²) in [5, 5.41) is 6.06. The number of carbonyl (C=O) groups excluding carboxylic acids is 1. The van der Waals surface area contributed by atoms with Crippen LogP contribution in [0, 0.1) is 5.82 Å². The van der Waals surface area contributed by atoms with E-state index >= 15 is 0 Å². The van der Waals surface area contributed by atoms with Crippen LogP contribution in [0.15, 0.2) is 72.8 Å². The van der Waals surface area contributed by atoms with Gasteiger partial charge in [-0.05, 0) is 62.1 Å². The fraction of sp³-hybridized carbons (Fsp3) is 0.192. The van der Waals surface area contributed by atoms with Gasteiger partial charge in [0.15, 0.2) is 0 Å². The number of nitrogens with one attached hydrogen (secondary N) is 2. The van der Waals surface area contributed by atoms with Crippen molar-refractivity contribution < 1.29 is 17.6 Å². The van der Waals surface area contributed by atoms with Crippen LogP contribution < -0.4 is 14.9 Å². The first-order valence-electron chi connectivity index (χ1n) is 11.0. The van der Waals surface area contributed by atoms with E-state index in [0.29, 0.717) is 47.0 Å². The van der Waals surface area contributed by atoms with Gasteiger partial charge in [0, 0.05) is 24.3 Å². The summed E-state index contributed by atoms with van der Waals surface area (Å²) in [6.45, 7) is 0.901. The van der Waals surface area contributed by atoms with Crippen molar-refractivity contribution in [2.24, 2.45) is 0 Å². The lowest BCUT2D eigenvalue weighted by Gasteiger charge is -2.24. The Morgan fingerprint density at radius 2 is 1.66 bits per heavy atom. The molecule has 3 aromatic carbocycles. The predicted octanol–water partition coefficient (Wildman–Crippen LogP) is 4.09. The first-order chi connectivity index (χ1) is 16.6. The van der Waals surface area contributed by atoms with Gasteiger partial charge in [-0.25, -0.2) is 12.8 Å². The van der Waals surface area contributed by atoms with Gasteiger partial charge in [-0.15, -0.1) is 0 Å². The molecule has 0 saturated carbocycles. The van der Waals surface area contributed by atoms with E-state index in [1.54, 1.807) is 30.3 Å². The summed E-state index contributed by atoms with van der Waals surface area (Å²) < 4.78 is 39.8. The second-order valence-electron chi connectivity index (χ2n) is 8.57. The van der Waals surface area contributed by atoms with Crippen molar-refractivity contribution in [3.8, 4) is 0 Å². The highest BCUT2D eigenvalue weighted by atomic mass is 32.2. The van der Waals surface area contributed by atoms with Crippen molar-refractivity contribution in [2.45, 2.75) is 0 Å². The molecule has 0 saturated heterocycles. The van der Waals surface area contributed by atoms with E-state index in [-0.39, 0.29) is 5.91 Å². The largest absolute Gasteiger partial charge is 0.354 e. The standard InChI is InChI=1S/C26H27FN4O3S/c1-30(2)15-16-31(35(3,33)34)21-12-10-20(11-13-21)28-25(18-7-5-4-6-8-18)24-22-14-9-19(27)17-23(22)29-26(24)32/h4-14,17,28H,15-16H2,1-3H3,(H,29,32)/b25-24-. The Morgan fingerprint density at radius 3 is 2.29 bits per heavy atom. The number of anilines is 3. The molecule has 0 aromatic heterocycles. The minimum Gasteiger partial charge on any atom is -0.354 e. The molecule has 0 fully saturated rings. The van der Waals surface area contributed by atoms with Gasteiger partial charge in [-0.2, -0.15) is 0 Å². The molecule has 0 atom stereocenters. The van der Waals surface area contributed by atoms with E-state index in [1.807, 2.05) is 49.3 Å². The van der Waals surface area contributed by atoms with Crippen LogP contribution in [0.1, 0.15) is 11.1 Å². The fourth-order valence-corrected chi connectivity index (χ4v) is 4.83. The van der Waals surface area contributed by atoms with Crippen molar-refractivity contribution in [1.82, 2.24) is 4.90 Å². The number of hydrogen-bond donors (Lipinski definition) is 2. The van der Waals surface area contributed by atoms with E-state index in [1.165, 1.54) is 22.7 Å². The van der Waals surface area contributed by atoms with Gasteiger partial charge in [0.05, 0.1) is 28.9 Å². The number of hydrogen-bond acceptors (Lipinski definition) is 5. The molecule has 1 heterocycles. The van der Waals surface area contributed by atoms with Crippen LogP contribution in [0.25, 0.3) is 11.3 Å². The third kappa shape index (κ3) is 5.52. The molecule has 0 unspecified atom stereocenters.